The minimum Gasteiger partial charge on any atom is -0.337 e. The molecule has 110 valence electrons. The van der Waals surface area contributed by atoms with Crippen LogP contribution in [0.25, 0.3) is 5.69 Å². The lowest BCUT2D eigenvalue weighted by molar-refractivity contribution is 0.0687. The Labute approximate surface area is 123 Å². The first kappa shape index (κ1) is 13.8. The van der Waals surface area contributed by atoms with Gasteiger partial charge in [-0.25, -0.2) is 4.68 Å². The average Bonchev–Trinajstić information content (AvgIpc) is 3.05. The van der Waals surface area contributed by atoms with Crippen LogP contribution < -0.4 is 5.73 Å². The summed E-state index contributed by atoms with van der Waals surface area (Å²) in [4.78, 5) is 14.3. The Morgan fingerprint density at radius 1 is 1.24 bits per heavy atom. The lowest BCUT2D eigenvalue weighted by Gasteiger charge is -2.30. The van der Waals surface area contributed by atoms with E-state index in [1.54, 1.807) is 10.9 Å². The van der Waals surface area contributed by atoms with Gasteiger partial charge in [-0.3, -0.25) is 4.79 Å². The van der Waals surface area contributed by atoms with Crippen LogP contribution >= 0.6 is 0 Å². The van der Waals surface area contributed by atoms with Crippen molar-refractivity contribution in [3.05, 3.63) is 42.2 Å². The fourth-order valence-electron chi connectivity index (χ4n) is 2.60. The van der Waals surface area contributed by atoms with E-state index in [1.165, 1.54) is 0 Å². The fourth-order valence-corrected chi connectivity index (χ4v) is 2.60. The summed E-state index contributed by atoms with van der Waals surface area (Å²) >= 11 is 0. The van der Waals surface area contributed by atoms with Crippen molar-refractivity contribution in [1.82, 2.24) is 19.9 Å². The molecule has 6 nitrogen and oxygen atoms in total. The SMILES string of the molecule is NCC1CCN(C(=O)c2cn(-c3ccccc3)nn2)CC1. The van der Waals surface area contributed by atoms with Crippen LogP contribution in [0.3, 0.4) is 0 Å². The van der Waals surface area contributed by atoms with Gasteiger partial charge in [0.15, 0.2) is 5.69 Å². The Morgan fingerprint density at radius 3 is 2.62 bits per heavy atom. The van der Waals surface area contributed by atoms with Crippen LogP contribution in [-0.4, -0.2) is 45.4 Å². The third-order valence-corrected chi connectivity index (χ3v) is 3.97. The third kappa shape index (κ3) is 2.95. The van der Waals surface area contributed by atoms with Gasteiger partial charge in [0.05, 0.1) is 11.9 Å². The number of carbonyl (C=O) groups is 1. The monoisotopic (exact) mass is 285 g/mol. The fraction of sp³-hybridized carbons (Fsp3) is 0.400. The predicted octanol–water partition coefficient (Wildman–Crippen LogP) is 1.08. The Hall–Kier alpha value is -2.21. The highest BCUT2D eigenvalue weighted by Gasteiger charge is 2.24. The zero-order chi connectivity index (χ0) is 14.7. The summed E-state index contributed by atoms with van der Waals surface area (Å²) in [6.07, 6.45) is 3.62. The van der Waals surface area contributed by atoms with E-state index in [-0.39, 0.29) is 5.91 Å². The first-order valence-corrected chi connectivity index (χ1v) is 7.25. The second-order valence-electron chi connectivity index (χ2n) is 5.36. The zero-order valence-electron chi connectivity index (χ0n) is 11.9. The van der Waals surface area contributed by atoms with E-state index in [2.05, 4.69) is 10.3 Å². The summed E-state index contributed by atoms with van der Waals surface area (Å²) in [5.74, 6) is 0.488. The number of hydrogen-bond donors (Lipinski definition) is 1. The van der Waals surface area contributed by atoms with Gasteiger partial charge in [0.2, 0.25) is 0 Å². The van der Waals surface area contributed by atoms with E-state index in [4.69, 9.17) is 5.73 Å². The van der Waals surface area contributed by atoms with Crippen molar-refractivity contribution in [2.45, 2.75) is 12.8 Å². The van der Waals surface area contributed by atoms with Crippen molar-refractivity contribution < 1.29 is 4.79 Å². The minimum atomic E-state index is -0.0485. The van der Waals surface area contributed by atoms with Gasteiger partial charge in [-0.2, -0.15) is 0 Å². The molecule has 1 aliphatic heterocycles. The van der Waals surface area contributed by atoms with Gasteiger partial charge >= 0.3 is 0 Å². The first-order chi connectivity index (χ1) is 10.3. The molecule has 1 fully saturated rings. The van der Waals surface area contributed by atoms with Crippen molar-refractivity contribution >= 4 is 5.91 Å². The maximum atomic E-state index is 12.4. The molecule has 1 saturated heterocycles. The highest BCUT2D eigenvalue weighted by atomic mass is 16.2. The van der Waals surface area contributed by atoms with Crippen molar-refractivity contribution in [3.63, 3.8) is 0 Å². The Kier molecular flexibility index (Phi) is 3.96. The maximum Gasteiger partial charge on any atom is 0.276 e. The molecular weight excluding hydrogens is 266 g/mol. The summed E-state index contributed by atoms with van der Waals surface area (Å²) < 4.78 is 1.62. The average molecular weight is 285 g/mol. The van der Waals surface area contributed by atoms with Gasteiger partial charge in [-0.15, -0.1) is 5.10 Å². The molecule has 0 bridgehead atoms. The summed E-state index contributed by atoms with van der Waals surface area (Å²) in [6, 6.07) is 9.64. The van der Waals surface area contributed by atoms with Crippen LogP contribution in [0, 0.1) is 5.92 Å². The second kappa shape index (κ2) is 6.05. The molecule has 21 heavy (non-hydrogen) atoms. The maximum absolute atomic E-state index is 12.4. The van der Waals surface area contributed by atoms with Gasteiger partial charge in [-0.1, -0.05) is 23.4 Å². The second-order valence-corrected chi connectivity index (χ2v) is 5.36. The van der Waals surface area contributed by atoms with Crippen LogP contribution in [0.5, 0.6) is 0 Å². The molecule has 6 heteroatoms. The molecular formula is C15H19N5O. The number of nitrogens with zero attached hydrogens (tertiary/aromatic N) is 4. The standard InChI is InChI=1S/C15H19N5O/c16-10-12-6-8-19(9-7-12)15(21)14-11-20(18-17-14)13-4-2-1-3-5-13/h1-5,11-12H,6-10,16H2. The van der Waals surface area contributed by atoms with Gasteiger partial charge in [0.1, 0.15) is 0 Å². The Balaban J connectivity index is 1.70. The number of likely N-dealkylation sites (tertiary alicyclic amines) is 1. The van der Waals surface area contributed by atoms with Gasteiger partial charge in [0, 0.05) is 13.1 Å². The molecule has 2 heterocycles. The minimum absolute atomic E-state index is 0.0485. The van der Waals surface area contributed by atoms with E-state index < -0.39 is 0 Å². The van der Waals surface area contributed by atoms with Gasteiger partial charge < -0.3 is 10.6 Å². The third-order valence-electron chi connectivity index (χ3n) is 3.97. The number of amides is 1. The van der Waals surface area contributed by atoms with E-state index in [0.717, 1.165) is 31.6 Å². The van der Waals surface area contributed by atoms with Crippen LogP contribution in [0.4, 0.5) is 0 Å². The van der Waals surface area contributed by atoms with E-state index in [1.807, 2.05) is 35.2 Å². The van der Waals surface area contributed by atoms with E-state index in [9.17, 15) is 4.79 Å². The molecule has 0 atom stereocenters. The van der Waals surface area contributed by atoms with Gasteiger partial charge in [0.25, 0.3) is 5.91 Å². The van der Waals surface area contributed by atoms with Crippen molar-refractivity contribution in [2.24, 2.45) is 11.7 Å². The lowest BCUT2D eigenvalue weighted by atomic mass is 9.97. The summed E-state index contributed by atoms with van der Waals surface area (Å²) in [5, 5.41) is 8.04. The molecule has 2 aromatic rings. The van der Waals surface area contributed by atoms with Crippen LogP contribution in [-0.2, 0) is 0 Å². The smallest absolute Gasteiger partial charge is 0.276 e. The lowest BCUT2D eigenvalue weighted by Crippen LogP contribution is -2.40. The number of para-hydroxylation sites is 1. The molecule has 0 radical (unpaired) electrons. The zero-order valence-corrected chi connectivity index (χ0v) is 11.9. The molecule has 0 aliphatic carbocycles. The predicted molar refractivity (Wildman–Crippen MR) is 79.0 cm³/mol. The highest BCUT2D eigenvalue weighted by molar-refractivity contribution is 5.92. The van der Waals surface area contributed by atoms with Crippen molar-refractivity contribution in [2.75, 3.05) is 19.6 Å². The number of benzene rings is 1. The topological polar surface area (TPSA) is 77.0 Å². The number of carbonyl (C=O) groups excluding carboxylic acids is 1. The number of rotatable bonds is 3. The molecule has 0 saturated carbocycles. The number of piperidine rings is 1. The van der Waals surface area contributed by atoms with E-state index in [0.29, 0.717) is 18.2 Å². The number of nitrogens with two attached hydrogens (primary N) is 1. The summed E-state index contributed by atoms with van der Waals surface area (Å²) in [6.45, 7) is 2.20. The van der Waals surface area contributed by atoms with Crippen molar-refractivity contribution in [1.29, 1.82) is 0 Å². The number of hydrogen-bond acceptors (Lipinski definition) is 4. The normalized spacial score (nSPS) is 16.1. The van der Waals surface area contributed by atoms with Crippen molar-refractivity contribution in [3.8, 4) is 5.69 Å². The Bertz CT molecular complexity index is 602. The van der Waals surface area contributed by atoms with Crippen LogP contribution in [0.2, 0.25) is 0 Å². The molecule has 3 rings (SSSR count). The molecule has 1 aromatic heterocycles. The Morgan fingerprint density at radius 2 is 1.95 bits per heavy atom. The van der Waals surface area contributed by atoms with E-state index >= 15 is 0 Å². The quantitative estimate of drug-likeness (QED) is 0.915. The van der Waals surface area contributed by atoms with Crippen LogP contribution in [0.1, 0.15) is 23.3 Å². The first-order valence-electron chi connectivity index (χ1n) is 7.25. The van der Waals surface area contributed by atoms with Gasteiger partial charge in [-0.05, 0) is 37.4 Å². The summed E-state index contributed by atoms with van der Waals surface area (Å²) in [5.41, 5.74) is 6.96. The molecule has 0 unspecified atom stereocenters. The molecule has 0 spiro atoms. The summed E-state index contributed by atoms with van der Waals surface area (Å²) in [7, 11) is 0. The number of aromatic nitrogens is 3. The largest absolute Gasteiger partial charge is 0.337 e. The molecule has 2 N–H and O–H groups in total. The molecule has 1 aliphatic rings. The molecule has 1 amide bonds. The highest BCUT2D eigenvalue weighted by Crippen LogP contribution is 2.17. The molecule has 1 aromatic carbocycles. The van der Waals surface area contributed by atoms with Crippen LogP contribution in [0.15, 0.2) is 36.5 Å².